The van der Waals surface area contributed by atoms with E-state index in [9.17, 15) is 0 Å². The molecule has 0 aromatic heterocycles. The van der Waals surface area contributed by atoms with Crippen LogP contribution in [0.1, 0.15) is 13.8 Å². The highest BCUT2D eigenvalue weighted by molar-refractivity contribution is 14.0. The lowest BCUT2D eigenvalue weighted by atomic mass is 10.8. The zero-order valence-corrected chi connectivity index (χ0v) is 28.6. The first-order valence-electron chi connectivity index (χ1n) is 7.36. The zero-order valence-electron chi connectivity index (χ0n) is 19.2. The molecule has 0 fully saturated rings. The van der Waals surface area contributed by atoms with E-state index in [-0.39, 0.29) is 95.9 Å². The Bertz CT molecular complexity index is 108. The Morgan fingerprint density at radius 3 is 0.480 bits per heavy atom. The molecule has 0 aliphatic carbocycles. The van der Waals surface area contributed by atoms with Gasteiger partial charge >= 0.3 is 0 Å². The van der Waals surface area contributed by atoms with Crippen LogP contribution in [0.2, 0.25) is 0 Å². The molecule has 0 aliphatic heterocycles. The van der Waals surface area contributed by atoms with Gasteiger partial charge in [-0.1, -0.05) is 0 Å². The molecule has 5 nitrogen and oxygen atoms in total. The molecule has 0 atom stereocenters. The Labute approximate surface area is 229 Å². The summed E-state index contributed by atoms with van der Waals surface area (Å²) in [6, 6.07) is 0. The van der Waals surface area contributed by atoms with Gasteiger partial charge in [-0.2, -0.15) is 0 Å². The molecule has 0 rings (SSSR count). The molecule has 168 valence electrons. The third-order valence-electron chi connectivity index (χ3n) is 0.408. The van der Waals surface area contributed by atoms with Gasteiger partial charge in [0.05, 0.1) is 0 Å². The molecule has 0 bridgehead atoms. The summed E-state index contributed by atoms with van der Waals surface area (Å²) in [5.74, 6) is 0. The Morgan fingerprint density at radius 1 is 0.400 bits per heavy atom. The van der Waals surface area contributed by atoms with Crippen LogP contribution in [0.4, 0.5) is 0 Å². The monoisotopic (exact) mass is 822 g/mol. The predicted octanol–water partition coefficient (Wildman–Crippen LogP) is 4.23. The number of nitrogens with zero attached hydrogens (tertiary/aromatic N) is 4. The van der Waals surface area contributed by atoms with Crippen molar-refractivity contribution in [3.05, 3.63) is 0 Å². The number of hydrogen-bond donors (Lipinski definition) is 0. The van der Waals surface area contributed by atoms with Gasteiger partial charge in [-0.3, -0.25) is 0 Å². The summed E-state index contributed by atoms with van der Waals surface area (Å²) in [7, 11) is 24.0. The first-order chi connectivity index (χ1) is 9.34. The minimum Gasteiger partial charge on any atom is -0.382 e. The van der Waals surface area contributed by atoms with Gasteiger partial charge < -0.3 is 24.3 Å². The molecule has 0 amide bonds. The van der Waals surface area contributed by atoms with Gasteiger partial charge in [0.1, 0.15) is 0 Å². The molecule has 0 saturated heterocycles. The highest BCUT2D eigenvalue weighted by Gasteiger charge is 1.64. The Hall–Kier alpha value is 2.72. The maximum Gasteiger partial charge on any atom is 0.0437 e. The topological polar surface area (TPSA) is 22.2 Å². The van der Waals surface area contributed by atoms with Crippen LogP contribution in [0.15, 0.2) is 0 Å². The number of halogens is 4. The molecular formula is C16H50I4N4O. The number of rotatable bonds is 2. The maximum atomic E-state index is 4.83. The molecule has 0 N–H and O–H groups in total. The largest absolute Gasteiger partial charge is 0.382 e. The smallest absolute Gasteiger partial charge is 0.0437 e. The number of hydrogen-bond acceptors (Lipinski definition) is 5. The fraction of sp³-hybridized carbons (Fsp3) is 1.00. The van der Waals surface area contributed by atoms with Gasteiger partial charge in [0, 0.05) is 13.2 Å². The van der Waals surface area contributed by atoms with Crippen molar-refractivity contribution in [2.45, 2.75) is 13.8 Å². The summed E-state index contributed by atoms with van der Waals surface area (Å²) in [5.41, 5.74) is 0. The Kier molecular flexibility index (Phi) is 127. The van der Waals surface area contributed by atoms with Crippen molar-refractivity contribution in [2.75, 3.05) is 97.8 Å². The second-order valence-corrected chi connectivity index (χ2v) is 6.15. The molecule has 25 heavy (non-hydrogen) atoms. The minimum absolute atomic E-state index is 0. The fourth-order valence-electron chi connectivity index (χ4n) is 0.204. The molecule has 0 heterocycles. The van der Waals surface area contributed by atoms with E-state index in [4.69, 9.17) is 4.74 Å². The molecule has 0 aromatic rings. The van der Waals surface area contributed by atoms with Gasteiger partial charge in [0.25, 0.3) is 0 Å². The highest BCUT2D eigenvalue weighted by atomic mass is 127. The lowest BCUT2D eigenvalue weighted by Gasteiger charge is -1.90. The first-order valence-corrected chi connectivity index (χ1v) is 7.36. The zero-order chi connectivity index (χ0) is 18.4. The molecule has 0 aliphatic rings. The van der Waals surface area contributed by atoms with E-state index >= 15 is 0 Å². The van der Waals surface area contributed by atoms with Crippen molar-refractivity contribution >= 4 is 95.9 Å². The van der Waals surface area contributed by atoms with Crippen LogP contribution < -0.4 is 0 Å². The molecule has 0 aromatic carbocycles. The van der Waals surface area contributed by atoms with E-state index in [0.717, 1.165) is 13.2 Å². The van der Waals surface area contributed by atoms with Crippen molar-refractivity contribution in [3.63, 3.8) is 0 Å². The van der Waals surface area contributed by atoms with Gasteiger partial charge in [0.2, 0.25) is 0 Å². The third-order valence-corrected chi connectivity index (χ3v) is 0.408. The quantitative estimate of drug-likeness (QED) is 0.389. The summed E-state index contributed by atoms with van der Waals surface area (Å²) in [6.07, 6.45) is 0. The van der Waals surface area contributed by atoms with Crippen LogP contribution in [0.5, 0.6) is 0 Å². The van der Waals surface area contributed by atoms with E-state index in [1.807, 2.05) is 118 Å². The van der Waals surface area contributed by atoms with Crippen LogP contribution in [-0.4, -0.2) is 117 Å². The fourth-order valence-corrected chi connectivity index (χ4v) is 0.204. The van der Waals surface area contributed by atoms with E-state index in [0.29, 0.717) is 0 Å². The highest BCUT2D eigenvalue weighted by Crippen LogP contribution is 1.64. The van der Waals surface area contributed by atoms with Crippen molar-refractivity contribution < 1.29 is 4.74 Å². The third kappa shape index (κ3) is 733. The average molecular weight is 822 g/mol. The van der Waals surface area contributed by atoms with E-state index < -0.39 is 0 Å². The maximum absolute atomic E-state index is 4.83. The van der Waals surface area contributed by atoms with Crippen molar-refractivity contribution in [1.82, 2.24) is 19.6 Å². The summed E-state index contributed by atoms with van der Waals surface area (Å²) in [6.45, 7) is 5.67. The van der Waals surface area contributed by atoms with Gasteiger partial charge in [-0.25, -0.2) is 0 Å². The normalized spacial score (nSPS) is 7.44. The van der Waals surface area contributed by atoms with Crippen molar-refractivity contribution in [3.8, 4) is 0 Å². The predicted molar refractivity (Wildman–Crippen MR) is 162 cm³/mol. The second-order valence-electron chi connectivity index (χ2n) is 6.15. The van der Waals surface area contributed by atoms with Crippen LogP contribution in [0.25, 0.3) is 0 Å². The van der Waals surface area contributed by atoms with Crippen LogP contribution in [0.3, 0.4) is 0 Å². The summed E-state index contributed by atoms with van der Waals surface area (Å²) in [4.78, 5) is 8.00. The average Bonchev–Trinajstić information content (AvgIpc) is 2.14. The SMILES string of the molecule is CCOCC.CN(C)C.CN(C)C.CN(C)C.CN(C)C.I.I.I.I. The van der Waals surface area contributed by atoms with Crippen molar-refractivity contribution in [1.29, 1.82) is 0 Å². The van der Waals surface area contributed by atoms with E-state index in [2.05, 4.69) is 0 Å². The summed E-state index contributed by atoms with van der Waals surface area (Å²) < 4.78 is 4.83. The number of ether oxygens (including phenoxy) is 1. The van der Waals surface area contributed by atoms with Gasteiger partial charge in [-0.05, 0) is 98.4 Å². The first kappa shape index (κ1) is 56.5. The van der Waals surface area contributed by atoms with Crippen LogP contribution >= 0.6 is 95.9 Å². The molecule has 0 saturated carbocycles. The molecule has 0 spiro atoms. The van der Waals surface area contributed by atoms with Gasteiger partial charge in [-0.15, -0.1) is 95.9 Å². The van der Waals surface area contributed by atoms with Gasteiger partial charge in [0.15, 0.2) is 0 Å². The second kappa shape index (κ2) is 56.3. The molecule has 0 unspecified atom stereocenters. The molecule has 9 heteroatoms. The standard InChI is InChI=1S/C4H10O.4C3H9N.4HI/c1-3-5-4-2;4*1-4(2)3;;;;/h3-4H2,1-2H3;4*1-3H3;4*1H. The molecular weight excluding hydrogens is 772 g/mol. The lowest BCUT2D eigenvalue weighted by Crippen LogP contribution is -1.99. The summed E-state index contributed by atoms with van der Waals surface area (Å²) in [5, 5.41) is 0. The van der Waals surface area contributed by atoms with Crippen molar-refractivity contribution in [2.24, 2.45) is 0 Å². The van der Waals surface area contributed by atoms with Crippen LogP contribution in [0, 0.1) is 0 Å². The minimum atomic E-state index is 0. The summed E-state index contributed by atoms with van der Waals surface area (Å²) >= 11 is 0. The van der Waals surface area contributed by atoms with E-state index in [1.54, 1.807) is 0 Å². The lowest BCUT2D eigenvalue weighted by molar-refractivity contribution is 0.162. The Balaban J connectivity index is -0.0000000176. The molecule has 0 radical (unpaired) electrons. The van der Waals surface area contributed by atoms with E-state index in [1.165, 1.54) is 0 Å². The Morgan fingerprint density at radius 2 is 0.480 bits per heavy atom. The van der Waals surface area contributed by atoms with Crippen LogP contribution in [-0.2, 0) is 4.74 Å².